The molecule has 0 aliphatic rings. The number of aryl methyl sites for hydroxylation is 2. The summed E-state index contributed by atoms with van der Waals surface area (Å²) >= 11 is 0. The number of hydrogen-bond acceptors (Lipinski definition) is 2. The van der Waals surface area contributed by atoms with E-state index in [4.69, 9.17) is 4.43 Å². The van der Waals surface area contributed by atoms with Crippen molar-refractivity contribution in [2.24, 2.45) is 0 Å². The van der Waals surface area contributed by atoms with Gasteiger partial charge >= 0.3 is 0 Å². The Bertz CT molecular complexity index is 482. The maximum Gasteiger partial charge on any atom is 0.258 e. The van der Waals surface area contributed by atoms with Crippen LogP contribution in [0, 0.1) is 13.8 Å². The molecule has 1 aromatic rings. The van der Waals surface area contributed by atoms with Crippen LogP contribution in [0.15, 0.2) is 12.1 Å². The van der Waals surface area contributed by atoms with Gasteiger partial charge in [0.15, 0.2) is 0 Å². The highest BCUT2D eigenvalue weighted by molar-refractivity contribution is 6.78. The Hall–Kier alpha value is -1.09. The normalized spacial score (nSPS) is 12.3. The lowest BCUT2D eigenvalue weighted by Crippen LogP contribution is -2.50. The van der Waals surface area contributed by atoms with Crippen molar-refractivity contribution in [1.29, 1.82) is 0 Å². The zero-order valence-corrected chi connectivity index (χ0v) is 15.8. The molecule has 0 aliphatic carbocycles. The van der Waals surface area contributed by atoms with Gasteiger partial charge in [0.25, 0.3) is 8.32 Å². The van der Waals surface area contributed by atoms with E-state index >= 15 is 0 Å². The molecule has 1 aromatic carbocycles. The van der Waals surface area contributed by atoms with E-state index in [-0.39, 0.29) is 0 Å². The smallest absolute Gasteiger partial charge is 0.258 e. The zero-order chi connectivity index (χ0) is 16.4. The van der Waals surface area contributed by atoms with Crippen LogP contribution in [0.4, 0.5) is 0 Å². The third-order valence-electron chi connectivity index (χ3n) is 4.68. The van der Waals surface area contributed by atoms with Crippen molar-refractivity contribution in [3.8, 4) is 5.75 Å². The number of hydrogen-bond donors (Lipinski definition) is 0. The summed E-state index contributed by atoms with van der Waals surface area (Å²) < 4.78 is 6.72. The molecule has 0 radical (unpaired) electrons. The van der Waals surface area contributed by atoms with Crippen LogP contribution < -0.4 is 4.43 Å². The topological polar surface area (TPSA) is 26.3 Å². The van der Waals surface area contributed by atoms with Crippen LogP contribution in [0.3, 0.4) is 0 Å². The Balaban J connectivity index is 3.34. The molecule has 118 valence electrons. The van der Waals surface area contributed by atoms with E-state index in [0.29, 0.717) is 16.6 Å². The Morgan fingerprint density at radius 1 is 0.905 bits per heavy atom. The molecule has 2 nitrogen and oxygen atoms in total. The van der Waals surface area contributed by atoms with Crippen molar-refractivity contribution in [3.63, 3.8) is 0 Å². The quantitative estimate of drug-likeness (QED) is 0.500. The average molecular weight is 307 g/mol. The fourth-order valence-electron chi connectivity index (χ4n) is 3.59. The first kappa shape index (κ1) is 18.0. The van der Waals surface area contributed by atoms with Gasteiger partial charge < -0.3 is 4.43 Å². The molecule has 3 heteroatoms. The summed E-state index contributed by atoms with van der Waals surface area (Å²) in [6.07, 6.45) is 0.921. The second-order valence-electron chi connectivity index (χ2n) is 7.01. The zero-order valence-electron chi connectivity index (χ0n) is 14.8. The third-order valence-corrected chi connectivity index (χ3v) is 10.7. The summed E-state index contributed by atoms with van der Waals surface area (Å²) in [6.45, 7) is 17.7. The van der Waals surface area contributed by atoms with Crippen LogP contribution in [0.1, 0.15) is 63.0 Å². The van der Waals surface area contributed by atoms with Crippen LogP contribution in [0.2, 0.25) is 16.6 Å². The van der Waals surface area contributed by atoms with E-state index in [9.17, 15) is 4.79 Å². The van der Waals surface area contributed by atoms with Gasteiger partial charge in [-0.1, -0.05) is 41.5 Å². The molecule has 0 aromatic heterocycles. The lowest BCUT2D eigenvalue weighted by Gasteiger charge is -2.42. The van der Waals surface area contributed by atoms with E-state index < -0.39 is 8.32 Å². The van der Waals surface area contributed by atoms with Crippen LogP contribution in [-0.2, 0) is 0 Å². The van der Waals surface area contributed by atoms with Crippen LogP contribution in [-0.4, -0.2) is 14.6 Å². The maximum absolute atomic E-state index is 11.1. The maximum atomic E-state index is 11.1. The summed E-state index contributed by atoms with van der Waals surface area (Å²) in [6, 6.07) is 3.98. The predicted molar refractivity (Wildman–Crippen MR) is 93.0 cm³/mol. The minimum atomic E-state index is -1.94. The first-order valence-electron chi connectivity index (χ1n) is 7.92. The third kappa shape index (κ3) is 3.39. The summed E-state index contributed by atoms with van der Waals surface area (Å²) in [5.74, 6) is 0.959. The molecule has 0 spiro atoms. The lowest BCUT2D eigenvalue weighted by atomic mass is 10.1. The second-order valence-corrected chi connectivity index (χ2v) is 12.4. The number of carbonyl (C=O) groups is 1. The van der Waals surface area contributed by atoms with Gasteiger partial charge in [-0.2, -0.15) is 0 Å². The number of rotatable bonds is 6. The van der Waals surface area contributed by atoms with Gasteiger partial charge in [-0.15, -0.1) is 0 Å². The van der Waals surface area contributed by atoms with Crippen molar-refractivity contribution >= 4 is 14.6 Å². The molecule has 0 aliphatic heterocycles. The summed E-state index contributed by atoms with van der Waals surface area (Å²) in [5, 5.41) is 0. The highest BCUT2D eigenvalue weighted by Gasteiger charge is 2.47. The largest absolute Gasteiger partial charge is 0.543 e. The van der Waals surface area contributed by atoms with Crippen molar-refractivity contribution in [1.82, 2.24) is 0 Å². The van der Waals surface area contributed by atoms with E-state index in [1.165, 1.54) is 0 Å². The fourth-order valence-corrected chi connectivity index (χ4v) is 8.90. The predicted octanol–water partition coefficient (Wildman–Crippen LogP) is 5.67. The number of carbonyl (C=O) groups excluding carboxylic acids is 1. The van der Waals surface area contributed by atoms with Gasteiger partial charge in [0, 0.05) is 5.56 Å². The highest BCUT2D eigenvalue weighted by atomic mass is 28.4. The van der Waals surface area contributed by atoms with Gasteiger partial charge in [0.2, 0.25) is 0 Å². The van der Waals surface area contributed by atoms with Gasteiger partial charge in [0.1, 0.15) is 12.0 Å². The summed E-state index contributed by atoms with van der Waals surface area (Å²) in [7, 11) is -1.94. The lowest BCUT2D eigenvalue weighted by molar-refractivity contribution is 0.112. The summed E-state index contributed by atoms with van der Waals surface area (Å²) in [5.41, 5.74) is 4.44. The molecule has 0 atom stereocenters. The van der Waals surface area contributed by atoms with E-state index in [0.717, 1.165) is 28.7 Å². The van der Waals surface area contributed by atoms with Gasteiger partial charge in [0.05, 0.1) is 0 Å². The SMILES string of the molecule is Cc1cc(O[Si](C(C)C)(C(C)C)C(C)C)c(C)cc1C=O. The minimum absolute atomic E-state index is 0.544. The standard InChI is InChI=1S/C18H30O2Si/c1-12(2)21(13(3)4,14(5)6)20-18-10-15(7)17(11-19)9-16(18)8/h9-14H,1-8H3. The van der Waals surface area contributed by atoms with Crippen molar-refractivity contribution < 1.29 is 9.22 Å². The molecule has 0 saturated carbocycles. The fraction of sp³-hybridized carbons (Fsp3) is 0.611. The van der Waals surface area contributed by atoms with E-state index in [1.807, 2.05) is 26.0 Å². The number of benzene rings is 1. The number of aldehydes is 1. The van der Waals surface area contributed by atoms with Crippen LogP contribution in [0.25, 0.3) is 0 Å². The first-order chi connectivity index (χ1) is 9.66. The molecule has 1 rings (SSSR count). The van der Waals surface area contributed by atoms with Crippen LogP contribution in [0.5, 0.6) is 5.75 Å². The molecule has 0 fully saturated rings. The Morgan fingerprint density at radius 2 is 1.38 bits per heavy atom. The van der Waals surface area contributed by atoms with E-state index in [2.05, 4.69) is 41.5 Å². The molecular formula is C18H30O2Si. The molecule has 0 unspecified atom stereocenters. The molecule has 0 heterocycles. The Morgan fingerprint density at radius 3 is 1.76 bits per heavy atom. The molecule has 0 saturated heterocycles. The average Bonchev–Trinajstić information content (AvgIpc) is 2.37. The highest BCUT2D eigenvalue weighted by Crippen LogP contribution is 2.43. The molecule has 0 bridgehead atoms. The van der Waals surface area contributed by atoms with Gasteiger partial charge in [-0.05, 0) is 53.7 Å². The molecule has 21 heavy (non-hydrogen) atoms. The van der Waals surface area contributed by atoms with Crippen molar-refractivity contribution in [2.75, 3.05) is 0 Å². The molecule has 0 N–H and O–H groups in total. The first-order valence-corrected chi connectivity index (χ1v) is 10.1. The van der Waals surface area contributed by atoms with Crippen molar-refractivity contribution in [2.45, 2.75) is 72.0 Å². The van der Waals surface area contributed by atoms with E-state index in [1.54, 1.807) is 0 Å². The summed E-state index contributed by atoms with van der Waals surface area (Å²) in [4.78, 5) is 11.1. The van der Waals surface area contributed by atoms with Crippen molar-refractivity contribution in [3.05, 3.63) is 28.8 Å². The van der Waals surface area contributed by atoms with Gasteiger partial charge in [-0.25, -0.2) is 0 Å². The van der Waals surface area contributed by atoms with Crippen LogP contribution >= 0.6 is 0 Å². The Labute approximate surface area is 131 Å². The van der Waals surface area contributed by atoms with Gasteiger partial charge in [-0.3, -0.25) is 4.79 Å². The second kappa shape index (κ2) is 6.78. The molecular weight excluding hydrogens is 276 g/mol. The molecule has 0 amide bonds. The minimum Gasteiger partial charge on any atom is -0.543 e. The monoisotopic (exact) mass is 306 g/mol. The Kier molecular flexibility index (Phi) is 5.80.